The van der Waals surface area contributed by atoms with Crippen LogP contribution in [0.15, 0.2) is 0 Å². The van der Waals surface area contributed by atoms with Crippen LogP contribution < -0.4 is 0 Å². The van der Waals surface area contributed by atoms with Crippen LogP contribution >= 0.6 is 23.2 Å². The second kappa shape index (κ2) is 4.64. The van der Waals surface area contributed by atoms with Crippen molar-refractivity contribution in [1.29, 1.82) is 0 Å². The van der Waals surface area contributed by atoms with E-state index in [0.29, 0.717) is 0 Å². The molecule has 0 aromatic carbocycles. The molecule has 0 radical (unpaired) electrons. The van der Waals surface area contributed by atoms with E-state index < -0.39 is 9.75 Å². The number of hydroxylamine groups is 1. The van der Waals surface area contributed by atoms with Crippen molar-refractivity contribution in [2.45, 2.75) is 37.4 Å². The number of hydrogen-bond donors (Lipinski definition) is 0. The Balaban J connectivity index is 4.15. The lowest BCUT2D eigenvalue weighted by molar-refractivity contribution is -0.696. The molecule has 0 bridgehead atoms. The number of rotatable bonds is 5. The number of halogens is 2. The standard InChI is InChI=1S/C8H16Cl2N2O2/c1-7(2,9)5-11(13)12(14)6-8(3,4)10/h5-6H2,1-4H3. The maximum atomic E-state index is 11.2. The van der Waals surface area contributed by atoms with E-state index >= 15 is 0 Å². The van der Waals surface area contributed by atoms with Gasteiger partial charge in [-0.15, -0.1) is 23.2 Å². The Morgan fingerprint density at radius 3 is 1.93 bits per heavy atom. The van der Waals surface area contributed by atoms with Crippen LogP contribution in [0.4, 0.5) is 0 Å². The number of nitrogens with zero attached hydrogens (tertiary/aromatic N) is 2. The third-order valence-electron chi connectivity index (χ3n) is 1.27. The Labute approximate surface area is 94.3 Å². The summed E-state index contributed by atoms with van der Waals surface area (Å²) in [4.78, 5) is 10.1. The predicted octanol–water partition coefficient (Wildman–Crippen LogP) is 2.51. The van der Waals surface area contributed by atoms with Gasteiger partial charge in [-0.2, -0.15) is 5.17 Å². The summed E-state index contributed by atoms with van der Waals surface area (Å²) in [6, 6.07) is 0. The Morgan fingerprint density at radius 1 is 1.21 bits per heavy atom. The minimum absolute atomic E-state index is 0.0645. The molecular formula is C8H16Cl2N2O2. The Bertz CT molecular complexity index is 208. The van der Waals surface area contributed by atoms with Crippen molar-refractivity contribution >= 4 is 23.2 Å². The molecule has 0 spiro atoms. The summed E-state index contributed by atoms with van der Waals surface area (Å²) in [6.07, 6.45) is 0. The first kappa shape index (κ1) is 13.9. The molecule has 0 atom stereocenters. The van der Waals surface area contributed by atoms with Gasteiger partial charge in [0.1, 0.15) is 9.74 Å². The first-order chi connectivity index (χ1) is 6.01. The summed E-state index contributed by atoms with van der Waals surface area (Å²) in [5.74, 6) is 0. The number of hydrazine groups is 1. The summed E-state index contributed by atoms with van der Waals surface area (Å²) < 4.78 is 0. The average Bonchev–Trinajstić information content (AvgIpc) is 1.78. The van der Waals surface area contributed by atoms with Crippen molar-refractivity contribution in [2.24, 2.45) is 0 Å². The molecule has 0 heterocycles. The normalized spacial score (nSPS) is 12.8. The highest BCUT2D eigenvalue weighted by atomic mass is 35.5. The zero-order valence-corrected chi connectivity index (χ0v) is 10.4. The van der Waals surface area contributed by atoms with E-state index in [1.165, 1.54) is 0 Å². The van der Waals surface area contributed by atoms with Crippen molar-refractivity contribution < 1.29 is 4.87 Å². The van der Waals surface area contributed by atoms with Crippen molar-refractivity contribution in [3.63, 3.8) is 0 Å². The molecule has 0 rings (SSSR count). The monoisotopic (exact) mass is 242 g/mol. The smallest absolute Gasteiger partial charge is 0.242 e. The van der Waals surface area contributed by atoms with Gasteiger partial charge in [-0.3, -0.25) is 0 Å². The molecule has 0 aromatic rings. The molecule has 0 unspecified atom stereocenters. The lowest BCUT2D eigenvalue weighted by Gasteiger charge is -2.26. The third kappa shape index (κ3) is 7.35. The van der Waals surface area contributed by atoms with Gasteiger partial charge in [0.2, 0.25) is 6.54 Å². The van der Waals surface area contributed by atoms with E-state index in [2.05, 4.69) is 0 Å². The second-order valence-corrected chi connectivity index (χ2v) is 6.50. The maximum absolute atomic E-state index is 11.2. The molecule has 0 aliphatic heterocycles. The predicted molar refractivity (Wildman–Crippen MR) is 58.4 cm³/mol. The fourth-order valence-corrected chi connectivity index (χ4v) is 1.01. The first-order valence-corrected chi connectivity index (χ1v) is 5.04. The van der Waals surface area contributed by atoms with Crippen LogP contribution in [0, 0.1) is 10.1 Å². The van der Waals surface area contributed by atoms with Crippen LogP contribution in [0.1, 0.15) is 27.7 Å². The van der Waals surface area contributed by atoms with Crippen molar-refractivity contribution in [3.8, 4) is 0 Å². The summed E-state index contributed by atoms with van der Waals surface area (Å²) in [6.45, 7) is 6.53. The Morgan fingerprint density at radius 2 is 1.64 bits per heavy atom. The first-order valence-electron chi connectivity index (χ1n) is 4.28. The highest BCUT2D eigenvalue weighted by Gasteiger charge is 2.28. The number of nitroso groups, excluding NO2 is 1. The minimum atomic E-state index is -0.721. The molecule has 0 fully saturated rings. The van der Waals surface area contributed by atoms with Gasteiger partial charge >= 0.3 is 0 Å². The zero-order chi connectivity index (χ0) is 11.6. The van der Waals surface area contributed by atoms with Gasteiger partial charge in [0, 0.05) is 0 Å². The molecule has 14 heavy (non-hydrogen) atoms. The molecule has 0 aromatic heterocycles. The molecule has 0 amide bonds. The SMILES string of the molecule is CC(C)(Cl)CN([O-])[N+](=O)CC(C)(C)Cl. The molecule has 0 saturated heterocycles. The quantitative estimate of drug-likeness (QED) is 0.423. The van der Waals surface area contributed by atoms with Gasteiger partial charge in [-0.25, -0.2) is 0 Å². The summed E-state index contributed by atoms with van der Waals surface area (Å²) >= 11 is 11.6. The Kier molecular flexibility index (Phi) is 4.62. The summed E-state index contributed by atoms with van der Waals surface area (Å²) in [5.41, 5.74) is 0. The highest BCUT2D eigenvalue weighted by molar-refractivity contribution is 6.23. The molecular weight excluding hydrogens is 227 g/mol. The van der Waals surface area contributed by atoms with E-state index in [9.17, 15) is 10.1 Å². The largest absolute Gasteiger partial charge is 0.704 e. The van der Waals surface area contributed by atoms with Gasteiger partial charge < -0.3 is 5.21 Å². The van der Waals surface area contributed by atoms with Crippen LogP contribution in [-0.2, 0) is 0 Å². The lowest BCUT2D eigenvalue weighted by atomic mass is 10.2. The minimum Gasteiger partial charge on any atom is -0.704 e. The van der Waals surface area contributed by atoms with E-state index in [0.717, 1.165) is 0 Å². The van der Waals surface area contributed by atoms with Gasteiger partial charge in [0.25, 0.3) is 0 Å². The summed E-state index contributed by atoms with van der Waals surface area (Å²) in [7, 11) is 0. The van der Waals surface area contributed by atoms with Crippen molar-refractivity contribution in [3.05, 3.63) is 10.1 Å². The van der Waals surface area contributed by atoms with Crippen LogP contribution in [0.5, 0.6) is 0 Å². The molecule has 0 aliphatic rings. The second-order valence-electron chi connectivity index (χ2n) is 4.46. The van der Waals surface area contributed by atoms with Crippen LogP contribution in [0.25, 0.3) is 0 Å². The molecule has 0 saturated carbocycles. The van der Waals surface area contributed by atoms with E-state index in [1.54, 1.807) is 27.7 Å². The van der Waals surface area contributed by atoms with Crippen LogP contribution in [-0.4, -0.2) is 32.9 Å². The van der Waals surface area contributed by atoms with Crippen molar-refractivity contribution in [1.82, 2.24) is 5.17 Å². The topological polar surface area (TPSA) is 46.4 Å². The highest BCUT2D eigenvalue weighted by Crippen LogP contribution is 2.16. The third-order valence-corrected chi connectivity index (χ3v) is 1.51. The van der Waals surface area contributed by atoms with Gasteiger partial charge in [-0.05, 0) is 27.7 Å². The molecule has 6 heteroatoms. The lowest BCUT2D eigenvalue weighted by Crippen LogP contribution is -2.41. The van der Waals surface area contributed by atoms with E-state index in [4.69, 9.17) is 23.2 Å². The molecule has 0 N–H and O–H groups in total. The summed E-state index contributed by atoms with van der Waals surface area (Å²) in [5, 5.41) is 11.5. The van der Waals surface area contributed by atoms with Crippen LogP contribution in [0.2, 0.25) is 0 Å². The number of alkyl halides is 2. The van der Waals surface area contributed by atoms with Crippen molar-refractivity contribution in [2.75, 3.05) is 13.1 Å². The molecule has 4 nitrogen and oxygen atoms in total. The van der Waals surface area contributed by atoms with Crippen LogP contribution in [0.3, 0.4) is 0 Å². The molecule has 0 aliphatic carbocycles. The average molecular weight is 243 g/mol. The molecule has 84 valence electrons. The van der Waals surface area contributed by atoms with Gasteiger partial charge in [0.05, 0.1) is 16.3 Å². The van der Waals surface area contributed by atoms with Gasteiger partial charge in [-0.1, -0.05) is 0 Å². The maximum Gasteiger partial charge on any atom is 0.242 e. The zero-order valence-electron chi connectivity index (χ0n) is 8.88. The number of hydrogen-bond acceptors (Lipinski definition) is 2. The van der Waals surface area contributed by atoms with E-state index in [-0.39, 0.29) is 23.1 Å². The van der Waals surface area contributed by atoms with Gasteiger partial charge in [0.15, 0.2) is 0 Å². The van der Waals surface area contributed by atoms with E-state index in [1.807, 2.05) is 0 Å². The Hall–Kier alpha value is -0.0600. The fourth-order valence-electron chi connectivity index (χ4n) is 0.801. The fraction of sp³-hybridized carbons (Fsp3) is 1.00.